The minimum absolute atomic E-state index is 0.150. The van der Waals surface area contributed by atoms with Gasteiger partial charge in [-0.3, -0.25) is 4.90 Å². The molecule has 0 radical (unpaired) electrons. The Balaban J connectivity index is 2.14. The maximum Gasteiger partial charge on any atom is 0.118 e. The third-order valence-electron chi connectivity index (χ3n) is 4.54. The smallest absolute Gasteiger partial charge is 0.118 e. The molecule has 0 spiro atoms. The molecule has 0 saturated carbocycles. The topological polar surface area (TPSA) is 47.7 Å². The third-order valence-corrected chi connectivity index (χ3v) is 4.54. The quantitative estimate of drug-likeness (QED) is 0.875. The molecule has 21 heavy (non-hydrogen) atoms. The summed E-state index contributed by atoms with van der Waals surface area (Å²) < 4.78 is 10.7. The van der Waals surface area contributed by atoms with Crippen LogP contribution in [0.3, 0.4) is 0 Å². The molecular formula is C17H28N2O2. The molecule has 1 heterocycles. The van der Waals surface area contributed by atoms with Crippen molar-refractivity contribution < 1.29 is 9.47 Å². The number of benzene rings is 1. The molecule has 1 aliphatic heterocycles. The van der Waals surface area contributed by atoms with E-state index in [1.807, 2.05) is 12.1 Å². The lowest BCUT2D eigenvalue weighted by atomic mass is 9.93. The minimum Gasteiger partial charge on any atom is -0.497 e. The van der Waals surface area contributed by atoms with Gasteiger partial charge in [-0.25, -0.2) is 0 Å². The van der Waals surface area contributed by atoms with Crippen molar-refractivity contribution in [2.75, 3.05) is 27.3 Å². The molecule has 118 valence electrons. The zero-order chi connectivity index (χ0) is 15.2. The standard InChI is InChI=1S/C17H28N2O2/c1-4-16(18)17(13-5-7-14(20-2)8-6-13)19-11-9-15(21-3)10-12-19/h5-8,15-17H,4,9-12,18H2,1-3H3. The summed E-state index contributed by atoms with van der Waals surface area (Å²) in [4.78, 5) is 2.51. The van der Waals surface area contributed by atoms with Gasteiger partial charge in [0.15, 0.2) is 0 Å². The zero-order valence-electron chi connectivity index (χ0n) is 13.4. The van der Waals surface area contributed by atoms with Crippen molar-refractivity contribution in [1.82, 2.24) is 4.90 Å². The maximum atomic E-state index is 6.41. The van der Waals surface area contributed by atoms with Crippen molar-refractivity contribution in [3.05, 3.63) is 29.8 Å². The van der Waals surface area contributed by atoms with Crippen LogP contribution >= 0.6 is 0 Å². The van der Waals surface area contributed by atoms with Crippen molar-refractivity contribution in [1.29, 1.82) is 0 Å². The zero-order valence-corrected chi connectivity index (χ0v) is 13.4. The Bertz CT molecular complexity index is 413. The number of methoxy groups -OCH3 is 2. The lowest BCUT2D eigenvalue weighted by molar-refractivity contribution is 0.0222. The highest BCUT2D eigenvalue weighted by Gasteiger charge is 2.29. The third kappa shape index (κ3) is 3.96. The number of nitrogens with zero attached hydrogens (tertiary/aromatic N) is 1. The van der Waals surface area contributed by atoms with Gasteiger partial charge in [-0.05, 0) is 37.0 Å². The van der Waals surface area contributed by atoms with Crippen LogP contribution in [0.2, 0.25) is 0 Å². The molecular weight excluding hydrogens is 264 g/mol. The Morgan fingerprint density at radius 3 is 2.29 bits per heavy atom. The van der Waals surface area contributed by atoms with Gasteiger partial charge in [0.25, 0.3) is 0 Å². The summed E-state index contributed by atoms with van der Waals surface area (Å²) in [5, 5.41) is 0. The fraction of sp³-hybridized carbons (Fsp3) is 0.647. The van der Waals surface area contributed by atoms with E-state index in [9.17, 15) is 0 Å². The van der Waals surface area contributed by atoms with Gasteiger partial charge >= 0.3 is 0 Å². The van der Waals surface area contributed by atoms with Gasteiger partial charge in [0.2, 0.25) is 0 Å². The molecule has 0 aliphatic carbocycles. The van der Waals surface area contributed by atoms with E-state index in [4.69, 9.17) is 15.2 Å². The van der Waals surface area contributed by atoms with Crippen molar-refractivity contribution >= 4 is 0 Å². The normalized spacial score (nSPS) is 20.2. The van der Waals surface area contributed by atoms with Gasteiger partial charge < -0.3 is 15.2 Å². The second-order valence-electron chi connectivity index (χ2n) is 5.76. The molecule has 2 N–H and O–H groups in total. The fourth-order valence-corrected chi connectivity index (χ4v) is 3.14. The van der Waals surface area contributed by atoms with Gasteiger partial charge in [-0.2, -0.15) is 0 Å². The molecule has 1 aromatic carbocycles. The van der Waals surface area contributed by atoms with Crippen LogP contribution < -0.4 is 10.5 Å². The highest BCUT2D eigenvalue weighted by atomic mass is 16.5. The van der Waals surface area contributed by atoms with Gasteiger partial charge in [0.1, 0.15) is 5.75 Å². The highest BCUT2D eigenvalue weighted by molar-refractivity contribution is 5.30. The van der Waals surface area contributed by atoms with E-state index < -0.39 is 0 Å². The Labute approximate surface area is 128 Å². The second-order valence-corrected chi connectivity index (χ2v) is 5.76. The Morgan fingerprint density at radius 1 is 1.19 bits per heavy atom. The van der Waals surface area contributed by atoms with Crippen molar-refractivity contribution in [3.63, 3.8) is 0 Å². The summed E-state index contributed by atoms with van der Waals surface area (Å²) in [5.41, 5.74) is 7.69. The monoisotopic (exact) mass is 292 g/mol. The molecule has 1 saturated heterocycles. The summed E-state index contributed by atoms with van der Waals surface area (Å²) in [7, 11) is 3.50. The Hall–Kier alpha value is -1.10. The van der Waals surface area contributed by atoms with E-state index in [-0.39, 0.29) is 12.1 Å². The van der Waals surface area contributed by atoms with Gasteiger partial charge in [-0.15, -0.1) is 0 Å². The first-order chi connectivity index (χ1) is 10.2. The average Bonchev–Trinajstić information content (AvgIpc) is 2.56. The number of hydrogen-bond donors (Lipinski definition) is 1. The molecule has 2 rings (SSSR count). The summed E-state index contributed by atoms with van der Waals surface area (Å²) >= 11 is 0. The fourth-order valence-electron chi connectivity index (χ4n) is 3.14. The Kier molecular flexibility index (Phi) is 6.03. The summed E-state index contributed by atoms with van der Waals surface area (Å²) in [6.45, 7) is 4.24. The largest absolute Gasteiger partial charge is 0.497 e. The summed E-state index contributed by atoms with van der Waals surface area (Å²) in [6.07, 6.45) is 3.54. The average molecular weight is 292 g/mol. The van der Waals surface area contributed by atoms with E-state index in [2.05, 4.69) is 24.0 Å². The Morgan fingerprint density at radius 2 is 1.81 bits per heavy atom. The van der Waals surface area contributed by atoms with E-state index in [0.29, 0.717) is 6.10 Å². The van der Waals surface area contributed by atoms with Gasteiger partial charge in [-0.1, -0.05) is 19.1 Å². The van der Waals surface area contributed by atoms with Crippen LogP contribution in [-0.2, 0) is 4.74 Å². The highest BCUT2D eigenvalue weighted by Crippen LogP contribution is 2.29. The van der Waals surface area contributed by atoms with Crippen LogP contribution in [0.25, 0.3) is 0 Å². The number of rotatable bonds is 6. The first kappa shape index (κ1) is 16.3. The lowest BCUT2D eigenvalue weighted by Gasteiger charge is -2.40. The first-order valence-electron chi connectivity index (χ1n) is 7.86. The SMILES string of the molecule is CCC(N)C(c1ccc(OC)cc1)N1CCC(OC)CC1. The van der Waals surface area contributed by atoms with Crippen LogP contribution in [0, 0.1) is 0 Å². The molecule has 4 heteroatoms. The molecule has 2 atom stereocenters. The number of likely N-dealkylation sites (tertiary alicyclic amines) is 1. The molecule has 2 unspecified atom stereocenters. The number of nitrogens with two attached hydrogens (primary N) is 1. The van der Waals surface area contributed by atoms with E-state index in [1.54, 1.807) is 14.2 Å². The summed E-state index contributed by atoms with van der Waals surface area (Å²) in [5.74, 6) is 0.890. The molecule has 0 aromatic heterocycles. The number of hydrogen-bond acceptors (Lipinski definition) is 4. The van der Waals surface area contributed by atoms with Crippen LogP contribution in [0.15, 0.2) is 24.3 Å². The first-order valence-corrected chi connectivity index (χ1v) is 7.86. The minimum atomic E-state index is 0.150. The van der Waals surface area contributed by atoms with Gasteiger partial charge in [0, 0.05) is 32.3 Å². The summed E-state index contributed by atoms with van der Waals surface area (Å²) in [6, 6.07) is 8.75. The molecule has 1 fully saturated rings. The molecule has 1 aliphatic rings. The van der Waals surface area contributed by atoms with Crippen molar-refractivity contribution in [2.24, 2.45) is 5.73 Å². The van der Waals surface area contributed by atoms with Crippen LogP contribution in [-0.4, -0.2) is 44.4 Å². The van der Waals surface area contributed by atoms with Gasteiger partial charge in [0.05, 0.1) is 13.2 Å². The van der Waals surface area contributed by atoms with Crippen molar-refractivity contribution in [2.45, 2.75) is 44.4 Å². The molecule has 0 bridgehead atoms. The number of piperidine rings is 1. The predicted molar refractivity (Wildman–Crippen MR) is 85.6 cm³/mol. The van der Waals surface area contributed by atoms with Crippen LogP contribution in [0.5, 0.6) is 5.75 Å². The maximum absolute atomic E-state index is 6.41. The lowest BCUT2D eigenvalue weighted by Crippen LogP contribution is -2.45. The van der Waals surface area contributed by atoms with E-state index in [1.165, 1.54) is 5.56 Å². The van der Waals surface area contributed by atoms with E-state index in [0.717, 1.165) is 38.1 Å². The number of ether oxygens (including phenoxy) is 2. The predicted octanol–water partition coefficient (Wildman–Crippen LogP) is 2.58. The molecule has 4 nitrogen and oxygen atoms in total. The molecule has 1 aromatic rings. The second kappa shape index (κ2) is 7.78. The van der Waals surface area contributed by atoms with Crippen molar-refractivity contribution in [3.8, 4) is 5.75 Å². The van der Waals surface area contributed by atoms with E-state index >= 15 is 0 Å². The van der Waals surface area contributed by atoms with Crippen LogP contribution in [0.4, 0.5) is 0 Å². The van der Waals surface area contributed by atoms with Crippen LogP contribution in [0.1, 0.15) is 37.8 Å². The molecule has 0 amide bonds.